The molecular formula is C12H11F3N2S. The van der Waals surface area contributed by atoms with Crippen molar-refractivity contribution >= 4 is 11.3 Å². The molecule has 0 aliphatic carbocycles. The van der Waals surface area contributed by atoms with Gasteiger partial charge in [-0.25, -0.2) is 18.6 Å². The molecule has 18 heavy (non-hydrogen) atoms. The van der Waals surface area contributed by atoms with Crippen LogP contribution in [0.1, 0.15) is 22.0 Å². The van der Waals surface area contributed by atoms with Crippen LogP contribution in [0.5, 0.6) is 0 Å². The summed E-state index contributed by atoms with van der Waals surface area (Å²) in [4.78, 5) is 0.932. The minimum Gasteiger partial charge on any atom is -0.271 e. The zero-order chi connectivity index (χ0) is 13.3. The van der Waals surface area contributed by atoms with Gasteiger partial charge >= 0.3 is 0 Å². The van der Waals surface area contributed by atoms with E-state index in [0.29, 0.717) is 0 Å². The lowest BCUT2D eigenvalue weighted by Gasteiger charge is -2.17. The fourth-order valence-corrected chi connectivity index (χ4v) is 2.55. The molecule has 1 atom stereocenters. The van der Waals surface area contributed by atoms with Crippen molar-refractivity contribution in [3.8, 4) is 0 Å². The highest BCUT2D eigenvalue weighted by molar-refractivity contribution is 7.10. The van der Waals surface area contributed by atoms with E-state index in [1.165, 1.54) is 17.4 Å². The maximum Gasteiger partial charge on any atom is 0.194 e. The molecule has 0 amide bonds. The molecule has 0 fully saturated rings. The SMILES string of the molecule is Cc1sccc1C(NN)c1ccc(F)c(F)c1F. The number of hydrogen-bond acceptors (Lipinski definition) is 3. The van der Waals surface area contributed by atoms with Crippen LogP contribution in [0.15, 0.2) is 23.6 Å². The van der Waals surface area contributed by atoms with Crippen molar-refractivity contribution in [3.63, 3.8) is 0 Å². The van der Waals surface area contributed by atoms with Crippen molar-refractivity contribution in [2.45, 2.75) is 13.0 Å². The summed E-state index contributed by atoms with van der Waals surface area (Å²) < 4.78 is 39.8. The van der Waals surface area contributed by atoms with Gasteiger partial charge in [0.15, 0.2) is 17.5 Å². The first-order valence-corrected chi connectivity index (χ1v) is 6.07. The predicted octanol–water partition coefficient (Wildman–Crippen LogP) is 3.03. The van der Waals surface area contributed by atoms with E-state index >= 15 is 0 Å². The minimum atomic E-state index is -1.49. The molecule has 0 aliphatic heterocycles. The lowest BCUT2D eigenvalue weighted by Crippen LogP contribution is -2.30. The molecule has 1 heterocycles. The summed E-state index contributed by atoms with van der Waals surface area (Å²) in [6.07, 6.45) is 0. The van der Waals surface area contributed by atoms with Crippen LogP contribution >= 0.6 is 11.3 Å². The number of aryl methyl sites for hydroxylation is 1. The Hall–Kier alpha value is -1.37. The molecule has 0 aliphatic rings. The molecule has 0 saturated heterocycles. The Morgan fingerprint density at radius 1 is 1.11 bits per heavy atom. The Bertz CT molecular complexity index is 568. The van der Waals surface area contributed by atoms with Crippen molar-refractivity contribution in [3.05, 3.63) is 57.0 Å². The summed E-state index contributed by atoms with van der Waals surface area (Å²) in [7, 11) is 0. The Morgan fingerprint density at radius 3 is 2.39 bits per heavy atom. The van der Waals surface area contributed by atoms with Crippen LogP contribution in [0.3, 0.4) is 0 Å². The lowest BCUT2D eigenvalue weighted by atomic mass is 9.99. The topological polar surface area (TPSA) is 38.0 Å². The van der Waals surface area contributed by atoms with Gasteiger partial charge in [-0.15, -0.1) is 11.3 Å². The van der Waals surface area contributed by atoms with Gasteiger partial charge in [0.2, 0.25) is 0 Å². The highest BCUT2D eigenvalue weighted by Crippen LogP contribution is 2.30. The molecule has 2 aromatic rings. The van der Waals surface area contributed by atoms with Crippen molar-refractivity contribution in [1.29, 1.82) is 0 Å². The average molecular weight is 272 g/mol. The zero-order valence-electron chi connectivity index (χ0n) is 9.51. The van der Waals surface area contributed by atoms with E-state index in [4.69, 9.17) is 5.84 Å². The minimum absolute atomic E-state index is 0.0158. The molecule has 6 heteroatoms. The highest BCUT2D eigenvalue weighted by atomic mass is 32.1. The van der Waals surface area contributed by atoms with Crippen molar-refractivity contribution in [2.24, 2.45) is 5.84 Å². The molecule has 1 aromatic heterocycles. The summed E-state index contributed by atoms with van der Waals surface area (Å²) in [5, 5.41) is 1.83. The van der Waals surface area contributed by atoms with Gasteiger partial charge in [0, 0.05) is 10.4 Å². The van der Waals surface area contributed by atoms with Crippen molar-refractivity contribution in [1.82, 2.24) is 5.43 Å². The maximum absolute atomic E-state index is 13.7. The number of halogens is 3. The summed E-state index contributed by atoms with van der Waals surface area (Å²) >= 11 is 1.47. The lowest BCUT2D eigenvalue weighted by molar-refractivity contribution is 0.433. The largest absolute Gasteiger partial charge is 0.271 e. The average Bonchev–Trinajstić information content (AvgIpc) is 2.77. The third-order valence-electron chi connectivity index (χ3n) is 2.75. The number of thiophene rings is 1. The van der Waals surface area contributed by atoms with E-state index in [2.05, 4.69) is 5.43 Å². The van der Waals surface area contributed by atoms with Gasteiger partial charge in [-0.1, -0.05) is 6.07 Å². The van der Waals surface area contributed by atoms with Gasteiger partial charge in [-0.05, 0) is 30.0 Å². The summed E-state index contributed by atoms with van der Waals surface area (Å²) in [5.74, 6) is 1.48. The van der Waals surface area contributed by atoms with Crippen LogP contribution in [0.2, 0.25) is 0 Å². The Labute approximate surface area is 106 Å². The Balaban J connectivity index is 2.53. The van der Waals surface area contributed by atoms with Crippen LogP contribution < -0.4 is 11.3 Å². The molecule has 0 bridgehead atoms. The van der Waals surface area contributed by atoms with E-state index in [1.807, 2.05) is 12.3 Å². The first kappa shape index (κ1) is 13.1. The van der Waals surface area contributed by atoms with Crippen LogP contribution in [0, 0.1) is 24.4 Å². The van der Waals surface area contributed by atoms with Crippen LogP contribution in [0.4, 0.5) is 13.2 Å². The quantitative estimate of drug-likeness (QED) is 0.512. The molecule has 0 spiro atoms. The second-order valence-electron chi connectivity index (χ2n) is 3.80. The third kappa shape index (κ3) is 2.14. The number of nitrogens with two attached hydrogens (primary N) is 1. The van der Waals surface area contributed by atoms with Crippen molar-refractivity contribution < 1.29 is 13.2 Å². The standard InChI is InChI=1S/C12H11F3N2S/c1-6-7(4-5-18-6)12(17-16)8-2-3-9(13)11(15)10(8)14/h2-5,12,17H,16H2,1H3. The molecule has 96 valence electrons. The van der Waals surface area contributed by atoms with Gasteiger partial charge < -0.3 is 0 Å². The summed E-state index contributed by atoms with van der Waals surface area (Å²) in [6, 6.07) is 3.15. The molecule has 0 radical (unpaired) electrons. The molecule has 2 nitrogen and oxygen atoms in total. The number of nitrogens with one attached hydrogen (secondary N) is 1. The van der Waals surface area contributed by atoms with Gasteiger partial charge in [-0.2, -0.15) is 0 Å². The smallest absolute Gasteiger partial charge is 0.194 e. The van der Waals surface area contributed by atoms with Gasteiger partial charge in [-0.3, -0.25) is 5.84 Å². The third-order valence-corrected chi connectivity index (χ3v) is 3.61. The van der Waals surface area contributed by atoms with Crippen molar-refractivity contribution in [2.75, 3.05) is 0 Å². The Morgan fingerprint density at radius 2 is 1.83 bits per heavy atom. The fraction of sp³-hybridized carbons (Fsp3) is 0.167. The monoisotopic (exact) mass is 272 g/mol. The van der Waals surface area contributed by atoms with Gasteiger partial charge in [0.05, 0.1) is 6.04 Å². The van der Waals surface area contributed by atoms with E-state index in [-0.39, 0.29) is 5.56 Å². The van der Waals surface area contributed by atoms with Crippen LogP contribution in [-0.4, -0.2) is 0 Å². The maximum atomic E-state index is 13.7. The first-order valence-electron chi connectivity index (χ1n) is 5.19. The molecular weight excluding hydrogens is 261 g/mol. The zero-order valence-corrected chi connectivity index (χ0v) is 10.3. The second-order valence-corrected chi connectivity index (χ2v) is 4.92. The number of benzene rings is 1. The summed E-state index contributed by atoms with van der Waals surface area (Å²) in [6.45, 7) is 1.85. The highest BCUT2D eigenvalue weighted by Gasteiger charge is 2.22. The molecule has 0 saturated carbocycles. The predicted molar refractivity (Wildman–Crippen MR) is 64.5 cm³/mol. The molecule has 2 rings (SSSR count). The molecule has 1 unspecified atom stereocenters. The number of rotatable bonds is 3. The van der Waals surface area contributed by atoms with E-state index in [0.717, 1.165) is 16.5 Å². The fourth-order valence-electron chi connectivity index (χ4n) is 1.81. The number of hydrogen-bond donors (Lipinski definition) is 2. The first-order chi connectivity index (χ1) is 8.56. The van der Waals surface area contributed by atoms with Gasteiger partial charge in [0.1, 0.15) is 0 Å². The van der Waals surface area contributed by atoms with Crippen LogP contribution in [0.25, 0.3) is 0 Å². The normalized spacial score (nSPS) is 12.7. The summed E-state index contributed by atoms with van der Waals surface area (Å²) in [5.41, 5.74) is 3.15. The van der Waals surface area contributed by atoms with Gasteiger partial charge in [0.25, 0.3) is 0 Å². The number of hydrazine groups is 1. The van der Waals surface area contributed by atoms with E-state index < -0.39 is 23.5 Å². The second kappa shape index (κ2) is 5.09. The van der Waals surface area contributed by atoms with Crippen LogP contribution in [-0.2, 0) is 0 Å². The Kier molecular flexibility index (Phi) is 3.70. The van der Waals surface area contributed by atoms with E-state index in [1.54, 1.807) is 6.07 Å². The molecule has 1 aromatic carbocycles. The molecule has 3 N–H and O–H groups in total. The van der Waals surface area contributed by atoms with E-state index in [9.17, 15) is 13.2 Å².